The molecular formula is C19H25N3O. The van der Waals surface area contributed by atoms with Gasteiger partial charge in [0, 0.05) is 18.4 Å². The van der Waals surface area contributed by atoms with Gasteiger partial charge in [-0.2, -0.15) is 0 Å². The molecule has 122 valence electrons. The first-order chi connectivity index (χ1) is 11.1. The number of nitrogens with zero attached hydrogens (tertiary/aromatic N) is 1. The van der Waals surface area contributed by atoms with Gasteiger partial charge in [-0.1, -0.05) is 25.8 Å². The number of nitrogens with one attached hydrogen (secondary N) is 2. The Hall–Kier alpha value is -2.36. The topological polar surface area (TPSA) is 54.0 Å². The van der Waals surface area contributed by atoms with Gasteiger partial charge in [-0.15, -0.1) is 0 Å². The Morgan fingerprint density at radius 1 is 1.04 bits per heavy atom. The molecule has 1 amide bonds. The molecule has 0 unspecified atom stereocenters. The molecule has 1 heterocycles. The van der Waals surface area contributed by atoms with Crippen molar-refractivity contribution in [2.24, 2.45) is 0 Å². The Morgan fingerprint density at radius 2 is 1.87 bits per heavy atom. The minimum Gasteiger partial charge on any atom is -0.354 e. The first-order valence-electron chi connectivity index (χ1n) is 8.17. The number of hydrogen-bond donors (Lipinski definition) is 2. The normalized spacial score (nSPS) is 10.4. The van der Waals surface area contributed by atoms with Crippen LogP contribution in [0.25, 0.3) is 0 Å². The van der Waals surface area contributed by atoms with E-state index in [9.17, 15) is 4.79 Å². The molecule has 0 aliphatic carbocycles. The maximum atomic E-state index is 12.1. The van der Waals surface area contributed by atoms with Crippen molar-refractivity contribution in [1.29, 1.82) is 0 Å². The maximum Gasteiger partial charge on any atom is 0.252 e. The number of aryl methyl sites for hydroxylation is 2. The number of unbranched alkanes of at least 4 members (excludes halogenated alkanes) is 2. The molecule has 0 aliphatic heterocycles. The van der Waals surface area contributed by atoms with Gasteiger partial charge in [0.25, 0.3) is 5.91 Å². The molecule has 2 aromatic rings. The Bertz CT molecular complexity index is 667. The smallest absolute Gasteiger partial charge is 0.252 e. The molecule has 0 atom stereocenters. The Balaban J connectivity index is 2.01. The van der Waals surface area contributed by atoms with Crippen molar-refractivity contribution >= 4 is 17.3 Å². The zero-order valence-electron chi connectivity index (χ0n) is 14.1. The summed E-state index contributed by atoms with van der Waals surface area (Å²) >= 11 is 0. The standard InChI is InChI=1S/C19H25N3O/c1-4-5-6-9-21-19(23)16-11-18(13-20-12-16)22-17-8-7-14(2)15(3)10-17/h7-8,10-13,22H,4-6,9H2,1-3H3,(H,21,23). The number of carbonyl (C=O) groups is 1. The fourth-order valence-corrected chi connectivity index (χ4v) is 2.30. The molecule has 4 nitrogen and oxygen atoms in total. The van der Waals surface area contributed by atoms with Crippen molar-refractivity contribution in [2.75, 3.05) is 11.9 Å². The van der Waals surface area contributed by atoms with Crippen LogP contribution in [0.2, 0.25) is 0 Å². The highest BCUT2D eigenvalue weighted by molar-refractivity contribution is 5.94. The lowest BCUT2D eigenvalue weighted by molar-refractivity contribution is 0.0952. The van der Waals surface area contributed by atoms with Crippen molar-refractivity contribution in [3.8, 4) is 0 Å². The molecule has 0 spiro atoms. The predicted molar refractivity (Wildman–Crippen MR) is 95.3 cm³/mol. The van der Waals surface area contributed by atoms with E-state index < -0.39 is 0 Å². The quantitative estimate of drug-likeness (QED) is 0.747. The number of pyridine rings is 1. The first-order valence-corrected chi connectivity index (χ1v) is 8.17. The summed E-state index contributed by atoms with van der Waals surface area (Å²) in [6.07, 6.45) is 6.61. The highest BCUT2D eigenvalue weighted by atomic mass is 16.1. The first kappa shape index (κ1) is 17.0. The van der Waals surface area contributed by atoms with Crippen LogP contribution >= 0.6 is 0 Å². The second-order valence-corrected chi connectivity index (χ2v) is 5.85. The molecule has 0 fully saturated rings. The number of benzene rings is 1. The van der Waals surface area contributed by atoms with E-state index in [0.717, 1.165) is 30.6 Å². The number of hydrogen-bond acceptors (Lipinski definition) is 3. The van der Waals surface area contributed by atoms with E-state index >= 15 is 0 Å². The van der Waals surface area contributed by atoms with Gasteiger partial charge >= 0.3 is 0 Å². The van der Waals surface area contributed by atoms with Crippen molar-refractivity contribution in [2.45, 2.75) is 40.0 Å². The summed E-state index contributed by atoms with van der Waals surface area (Å²) in [6.45, 7) is 7.03. The van der Waals surface area contributed by atoms with Crippen LogP contribution in [0.1, 0.15) is 47.7 Å². The lowest BCUT2D eigenvalue weighted by atomic mass is 10.1. The molecule has 0 bridgehead atoms. The number of aromatic nitrogens is 1. The van der Waals surface area contributed by atoms with Crippen molar-refractivity contribution in [1.82, 2.24) is 10.3 Å². The van der Waals surface area contributed by atoms with Crippen LogP contribution in [0.4, 0.5) is 11.4 Å². The van der Waals surface area contributed by atoms with E-state index in [1.165, 1.54) is 11.1 Å². The van der Waals surface area contributed by atoms with E-state index in [1.54, 1.807) is 12.4 Å². The zero-order valence-corrected chi connectivity index (χ0v) is 14.1. The lowest BCUT2D eigenvalue weighted by Gasteiger charge is -2.10. The van der Waals surface area contributed by atoms with Crippen molar-refractivity contribution in [3.05, 3.63) is 53.3 Å². The van der Waals surface area contributed by atoms with Crippen LogP contribution in [0.3, 0.4) is 0 Å². The number of anilines is 2. The Kier molecular flexibility index (Phi) is 6.15. The average Bonchev–Trinajstić information content (AvgIpc) is 2.55. The fraction of sp³-hybridized carbons (Fsp3) is 0.368. The SMILES string of the molecule is CCCCCNC(=O)c1cncc(Nc2ccc(C)c(C)c2)c1. The van der Waals surface area contributed by atoms with Gasteiger partial charge in [-0.25, -0.2) is 0 Å². The molecule has 2 rings (SSSR count). The third kappa shape index (κ3) is 5.09. The lowest BCUT2D eigenvalue weighted by Crippen LogP contribution is -2.24. The summed E-state index contributed by atoms with van der Waals surface area (Å²) in [6, 6.07) is 8.03. The second-order valence-electron chi connectivity index (χ2n) is 5.85. The highest BCUT2D eigenvalue weighted by Gasteiger charge is 2.07. The number of carbonyl (C=O) groups excluding carboxylic acids is 1. The number of rotatable bonds is 7. The van der Waals surface area contributed by atoms with Gasteiger partial charge in [-0.05, 0) is 49.6 Å². The van der Waals surface area contributed by atoms with E-state index in [-0.39, 0.29) is 5.91 Å². The molecule has 0 saturated carbocycles. The van der Waals surface area contributed by atoms with E-state index in [4.69, 9.17) is 0 Å². The van der Waals surface area contributed by atoms with Crippen LogP contribution in [0.5, 0.6) is 0 Å². The summed E-state index contributed by atoms with van der Waals surface area (Å²) in [5, 5.41) is 6.24. The van der Waals surface area contributed by atoms with Gasteiger partial charge in [0.15, 0.2) is 0 Å². The predicted octanol–water partition coefficient (Wildman–Crippen LogP) is 4.36. The van der Waals surface area contributed by atoms with Gasteiger partial charge in [-0.3, -0.25) is 9.78 Å². The largest absolute Gasteiger partial charge is 0.354 e. The summed E-state index contributed by atoms with van der Waals surface area (Å²) in [7, 11) is 0. The molecule has 1 aromatic heterocycles. The van der Waals surface area contributed by atoms with Gasteiger partial charge in [0.2, 0.25) is 0 Å². The molecule has 4 heteroatoms. The minimum atomic E-state index is -0.0719. The van der Waals surface area contributed by atoms with Crippen LogP contribution in [-0.2, 0) is 0 Å². The molecule has 2 N–H and O–H groups in total. The zero-order chi connectivity index (χ0) is 16.7. The Morgan fingerprint density at radius 3 is 2.61 bits per heavy atom. The third-order valence-electron chi connectivity index (χ3n) is 3.86. The average molecular weight is 311 g/mol. The van der Waals surface area contributed by atoms with Crippen LogP contribution in [-0.4, -0.2) is 17.4 Å². The third-order valence-corrected chi connectivity index (χ3v) is 3.86. The molecule has 0 aliphatic rings. The summed E-state index contributed by atoms with van der Waals surface area (Å²) in [5.41, 5.74) is 4.88. The Labute approximate surface area is 138 Å². The second kappa shape index (κ2) is 8.32. The van der Waals surface area contributed by atoms with Gasteiger partial charge < -0.3 is 10.6 Å². The summed E-state index contributed by atoms with van der Waals surface area (Å²) < 4.78 is 0. The highest BCUT2D eigenvalue weighted by Crippen LogP contribution is 2.19. The van der Waals surface area contributed by atoms with Crippen LogP contribution < -0.4 is 10.6 Å². The van der Waals surface area contributed by atoms with Crippen LogP contribution in [0, 0.1) is 13.8 Å². The van der Waals surface area contributed by atoms with Crippen molar-refractivity contribution in [3.63, 3.8) is 0 Å². The molecule has 0 radical (unpaired) electrons. The summed E-state index contributed by atoms with van der Waals surface area (Å²) in [4.78, 5) is 16.3. The van der Waals surface area contributed by atoms with Crippen LogP contribution in [0.15, 0.2) is 36.7 Å². The maximum absolute atomic E-state index is 12.1. The summed E-state index contributed by atoms with van der Waals surface area (Å²) in [5.74, 6) is -0.0719. The van der Waals surface area contributed by atoms with Crippen molar-refractivity contribution < 1.29 is 4.79 Å². The minimum absolute atomic E-state index is 0.0719. The fourth-order valence-electron chi connectivity index (χ4n) is 2.30. The monoisotopic (exact) mass is 311 g/mol. The van der Waals surface area contributed by atoms with E-state index in [0.29, 0.717) is 12.1 Å². The van der Waals surface area contributed by atoms with Gasteiger partial charge in [0.1, 0.15) is 0 Å². The van der Waals surface area contributed by atoms with E-state index in [2.05, 4.69) is 48.5 Å². The number of amides is 1. The molecule has 23 heavy (non-hydrogen) atoms. The molecular weight excluding hydrogens is 286 g/mol. The van der Waals surface area contributed by atoms with E-state index in [1.807, 2.05) is 12.1 Å². The van der Waals surface area contributed by atoms with Gasteiger partial charge in [0.05, 0.1) is 17.4 Å². The molecule has 1 aromatic carbocycles. The molecule has 0 saturated heterocycles.